The van der Waals surface area contributed by atoms with E-state index < -0.39 is 0 Å². The molecule has 0 aliphatic heterocycles. The zero-order valence-electron chi connectivity index (χ0n) is 9.03. The van der Waals surface area contributed by atoms with E-state index in [0.717, 1.165) is 25.1 Å². The van der Waals surface area contributed by atoms with E-state index in [2.05, 4.69) is 5.10 Å². The fourth-order valence-electron chi connectivity index (χ4n) is 1.93. The maximum Gasteiger partial charge on any atom is 0.141 e. The van der Waals surface area contributed by atoms with Gasteiger partial charge in [0.15, 0.2) is 0 Å². The molecule has 0 bridgehead atoms. The smallest absolute Gasteiger partial charge is 0.141 e. The predicted octanol–water partition coefficient (Wildman–Crippen LogP) is 2.17. The Labute approximate surface area is 94.3 Å². The highest BCUT2D eigenvalue weighted by Gasteiger charge is 2.33. The summed E-state index contributed by atoms with van der Waals surface area (Å²) in [5.41, 5.74) is 6.66. The van der Waals surface area contributed by atoms with E-state index >= 15 is 0 Å². The van der Waals surface area contributed by atoms with Gasteiger partial charge in [0.2, 0.25) is 0 Å². The topological polar surface area (TPSA) is 53.1 Å². The Hall–Kier alpha value is -0.740. The minimum Gasteiger partial charge on any atom is -0.383 e. The molecule has 1 fully saturated rings. The molecule has 1 aromatic heterocycles. The van der Waals surface area contributed by atoms with Gasteiger partial charge in [-0.15, -0.1) is 0 Å². The van der Waals surface area contributed by atoms with E-state index in [-0.39, 0.29) is 0 Å². The molecule has 2 rings (SSSR count). The van der Waals surface area contributed by atoms with Crippen molar-refractivity contribution in [1.29, 1.82) is 0 Å². The zero-order chi connectivity index (χ0) is 11.0. The van der Waals surface area contributed by atoms with E-state index in [0.29, 0.717) is 23.0 Å². The normalized spacial score (nSPS) is 25.3. The first-order chi connectivity index (χ1) is 7.13. The molecule has 0 radical (unpaired) electrons. The SMILES string of the molecule is CCOC1CC(n2nc(C)c(Cl)c2N)C1. The van der Waals surface area contributed by atoms with Gasteiger partial charge in [-0.25, -0.2) is 4.68 Å². The minimum atomic E-state index is 0.354. The summed E-state index contributed by atoms with van der Waals surface area (Å²) < 4.78 is 7.32. The molecule has 0 saturated heterocycles. The van der Waals surface area contributed by atoms with Gasteiger partial charge in [0.25, 0.3) is 0 Å². The number of hydrogen-bond acceptors (Lipinski definition) is 3. The Morgan fingerprint density at radius 2 is 2.27 bits per heavy atom. The largest absolute Gasteiger partial charge is 0.383 e. The number of ether oxygens (including phenoxy) is 1. The van der Waals surface area contributed by atoms with Crippen molar-refractivity contribution in [1.82, 2.24) is 9.78 Å². The highest BCUT2D eigenvalue weighted by atomic mass is 35.5. The van der Waals surface area contributed by atoms with Crippen LogP contribution >= 0.6 is 11.6 Å². The second-order valence-electron chi connectivity index (χ2n) is 3.93. The van der Waals surface area contributed by atoms with E-state index in [9.17, 15) is 0 Å². The molecule has 5 heteroatoms. The summed E-state index contributed by atoms with van der Waals surface area (Å²) in [6, 6.07) is 0.354. The number of nitrogens with two attached hydrogens (primary N) is 1. The van der Waals surface area contributed by atoms with Crippen LogP contribution in [0.4, 0.5) is 5.82 Å². The van der Waals surface area contributed by atoms with Crippen molar-refractivity contribution >= 4 is 17.4 Å². The summed E-state index contributed by atoms with van der Waals surface area (Å²) in [5, 5.41) is 4.91. The summed E-state index contributed by atoms with van der Waals surface area (Å²) in [7, 11) is 0. The highest BCUT2D eigenvalue weighted by Crippen LogP contribution is 2.37. The number of halogens is 1. The first-order valence-electron chi connectivity index (χ1n) is 5.25. The third-order valence-electron chi connectivity index (χ3n) is 2.87. The van der Waals surface area contributed by atoms with Crippen LogP contribution in [-0.4, -0.2) is 22.5 Å². The van der Waals surface area contributed by atoms with Crippen molar-refractivity contribution < 1.29 is 4.74 Å². The van der Waals surface area contributed by atoms with Crippen LogP contribution in [0.3, 0.4) is 0 Å². The van der Waals surface area contributed by atoms with Gasteiger partial charge < -0.3 is 10.5 Å². The van der Waals surface area contributed by atoms with Crippen LogP contribution < -0.4 is 5.73 Å². The fraction of sp³-hybridized carbons (Fsp3) is 0.700. The first-order valence-corrected chi connectivity index (χ1v) is 5.63. The molecule has 1 saturated carbocycles. The summed E-state index contributed by atoms with van der Waals surface area (Å²) in [6.45, 7) is 4.65. The average molecular weight is 230 g/mol. The standard InChI is InChI=1S/C10H16ClN3O/c1-3-15-8-4-7(5-8)14-10(12)9(11)6(2)13-14/h7-8H,3-5,12H2,1-2H3. The maximum absolute atomic E-state index is 5.98. The van der Waals surface area contributed by atoms with E-state index in [4.69, 9.17) is 22.1 Å². The number of rotatable bonds is 3. The van der Waals surface area contributed by atoms with Crippen LogP contribution in [-0.2, 0) is 4.74 Å². The zero-order valence-corrected chi connectivity index (χ0v) is 9.79. The Kier molecular flexibility index (Phi) is 2.89. The summed E-state index contributed by atoms with van der Waals surface area (Å²) in [6.07, 6.45) is 2.33. The van der Waals surface area contributed by atoms with E-state index in [1.165, 1.54) is 0 Å². The molecule has 15 heavy (non-hydrogen) atoms. The molecule has 1 aliphatic rings. The quantitative estimate of drug-likeness (QED) is 0.864. The maximum atomic E-state index is 5.98. The molecule has 0 unspecified atom stereocenters. The Balaban J connectivity index is 2.04. The van der Waals surface area contributed by atoms with Gasteiger partial charge in [-0.05, 0) is 26.7 Å². The Bertz CT molecular complexity index is 358. The number of nitrogen functional groups attached to an aromatic ring is 1. The van der Waals surface area contributed by atoms with Crippen LogP contribution in [0.15, 0.2) is 0 Å². The van der Waals surface area contributed by atoms with Crippen LogP contribution in [0.25, 0.3) is 0 Å². The van der Waals surface area contributed by atoms with Gasteiger partial charge in [-0.2, -0.15) is 5.10 Å². The molecular formula is C10H16ClN3O. The predicted molar refractivity (Wildman–Crippen MR) is 60.1 cm³/mol. The van der Waals surface area contributed by atoms with Crippen molar-refractivity contribution in [2.24, 2.45) is 0 Å². The molecule has 2 N–H and O–H groups in total. The van der Waals surface area contributed by atoms with Crippen molar-refractivity contribution in [2.75, 3.05) is 12.3 Å². The molecule has 1 aromatic rings. The van der Waals surface area contributed by atoms with E-state index in [1.807, 2.05) is 18.5 Å². The molecule has 4 nitrogen and oxygen atoms in total. The number of aromatic nitrogens is 2. The average Bonchev–Trinajstić information content (AvgIpc) is 2.39. The van der Waals surface area contributed by atoms with Crippen LogP contribution in [0.1, 0.15) is 31.5 Å². The number of aryl methyl sites for hydroxylation is 1. The van der Waals surface area contributed by atoms with Gasteiger partial charge >= 0.3 is 0 Å². The van der Waals surface area contributed by atoms with Gasteiger partial charge in [0.05, 0.1) is 17.8 Å². The van der Waals surface area contributed by atoms with Gasteiger partial charge in [0.1, 0.15) is 10.8 Å². The lowest BCUT2D eigenvalue weighted by Crippen LogP contribution is -2.34. The molecular weight excluding hydrogens is 214 g/mol. The van der Waals surface area contributed by atoms with Crippen LogP contribution in [0.2, 0.25) is 5.02 Å². The van der Waals surface area contributed by atoms with Gasteiger partial charge in [-0.3, -0.25) is 0 Å². The first kappa shape index (κ1) is 10.8. The molecule has 1 heterocycles. The Morgan fingerprint density at radius 3 is 2.73 bits per heavy atom. The molecule has 0 spiro atoms. The summed E-state index contributed by atoms with van der Waals surface area (Å²) >= 11 is 5.98. The third kappa shape index (κ3) is 1.84. The van der Waals surface area contributed by atoms with Gasteiger partial charge in [0, 0.05) is 6.61 Å². The molecule has 0 aromatic carbocycles. The monoisotopic (exact) mass is 229 g/mol. The van der Waals surface area contributed by atoms with Crippen molar-refractivity contribution in [2.45, 2.75) is 38.8 Å². The van der Waals surface area contributed by atoms with E-state index in [1.54, 1.807) is 0 Å². The lowest BCUT2D eigenvalue weighted by molar-refractivity contribution is -0.0221. The van der Waals surface area contributed by atoms with Crippen LogP contribution in [0, 0.1) is 6.92 Å². The second kappa shape index (κ2) is 4.02. The fourth-order valence-corrected chi connectivity index (χ4v) is 2.06. The Morgan fingerprint density at radius 1 is 1.60 bits per heavy atom. The molecule has 84 valence electrons. The second-order valence-corrected chi connectivity index (χ2v) is 4.31. The molecule has 0 amide bonds. The van der Waals surface area contributed by atoms with Gasteiger partial charge in [-0.1, -0.05) is 11.6 Å². The number of nitrogens with zero attached hydrogens (tertiary/aromatic N) is 2. The van der Waals surface area contributed by atoms with Crippen molar-refractivity contribution in [3.8, 4) is 0 Å². The van der Waals surface area contributed by atoms with Crippen molar-refractivity contribution in [3.05, 3.63) is 10.7 Å². The number of hydrogen-bond donors (Lipinski definition) is 1. The van der Waals surface area contributed by atoms with Crippen molar-refractivity contribution in [3.63, 3.8) is 0 Å². The highest BCUT2D eigenvalue weighted by molar-refractivity contribution is 6.33. The summed E-state index contributed by atoms with van der Waals surface area (Å²) in [5.74, 6) is 0.578. The lowest BCUT2D eigenvalue weighted by Gasteiger charge is -2.35. The summed E-state index contributed by atoms with van der Waals surface area (Å²) in [4.78, 5) is 0. The third-order valence-corrected chi connectivity index (χ3v) is 3.33. The minimum absolute atomic E-state index is 0.354. The van der Waals surface area contributed by atoms with Crippen LogP contribution in [0.5, 0.6) is 0 Å². The molecule has 0 atom stereocenters. The molecule has 1 aliphatic carbocycles. The lowest BCUT2D eigenvalue weighted by atomic mass is 9.89. The number of anilines is 1.